The average Bonchev–Trinajstić information content (AvgIpc) is 2.89. The lowest BCUT2D eigenvalue weighted by molar-refractivity contribution is 0.0916. The quantitative estimate of drug-likeness (QED) is 0.598. The van der Waals surface area contributed by atoms with Crippen LogP contribution in [0.15, 0.2) is 0 Å². The fraction of sp³-hybridized carbons (Fsp3) is 1.00. The Morgan fingerprint density at radius 1 is 1.15 bits per heavy atom. The van der Waals surface area contributed by atoms with Crippen molar-refractivity contribution in [2.24, 2.45) is 11.3 Å². The summed E-state index contributed by atoms with van der Waals surface area (Å²) in [6, 6.07) is 0.978. The van der Waals surface area contributed by atoms with Crippen molar-refractivity contribution in [1.82, 2.24) is 4.90 Å². The molecule has 2 atom stereocenters. The van der Waals surface area contributed by atoms with Gasteiger partial charge in [0.25, 0.3) is 0 Å². The molecule has 0 aromatic rings. The Balaban J connectivity index is 1.89. The number of piperidine rings is 1. The number of hydrogen-bond donors (Lipinski definition) is 0. The molecule has 0 radical (unpaired) electrons. The van der Waals surface area contributed by atoms with Gasteiger partial charge in [0.1, 0.15) is 0 Å². The maximum absolute atomic E-state index is 2.86. The molecule has 0 spiro atoms. The lowest BCUT2D eigenvalue weighted by Gasteiger charge is -2.39. The Bertz CT molecular complexity index is 236. The van der Waals surface area contributed by atoms with Gasteiger partial charge in [0.15, 0.2) is 0 Å². The van der Waals surface area contributed by atoms with E-state index < -0.39 is 0 Å². The van der Waals surface area contributed by atoms with E-state index in [2.05, 4.69) is 25.7 Å². The van der Waals surface area contributed by atoms with Gasteiger partial charge in [-0.2, -0.15) is 0 Å². The largest absolute Gasteiger partial charge is 0.294 e. The first-order valence-corrected chi connectivity index (χ1v) is 5.82. The van der Waals surface area contributed by atoms with Gasteiger partial charge in [0.05, 0.1) is 0 Å². The zero-order valence-electron chi connectivity index (χ0n) is 9.14. The summed E-state index contributed by atoms with van der Waals surface area (Å²) in [5, 5.41) is 0. The Kier molecular flexibility index (Phi) is 1.36. The predicted molar refractivity (Wildman–Crippen MR) is 54.6 cm³/mol. The minimum Gasteiger partial charge on any atom is -0.294 e. The third-order valence-corrected chi connectivity index (χ3v) is 4.59. The van der Waals surface area contributed by atoms with Crippen LogP contribution in [0.2, 0.25) is 0 Å². The van der Waals surface area contributed by atoms with Crippen molar-refractivity contribution in [2.75, 3.05) is 6.54 Å². The topological polar surface area (TPSA) is 3.24 Å². The first-order chi connectivity index (χ1) is 6.06. The van der Waals surface area contributed by atoms with Crippen LogP contribution in [0.3, 0.4) is 0 Å². The van der Waals surface area contributed by atoms with E-state index in [-0.39, 0.29) is 0 Å². The second kappa shape index (κ2) is 2.13. The molecule has 3 aliphatic rings. The van der Waals surface area contributed by atoms with Crippen molar-refractivity contribution in [3.05, 3.63) is 0 Å². The van der Waals surface area contributed by atoms with E-state index in [4.69, 9.17) is 0 Å². The molecule has 3 rings (SSSR count). The molecule has 1 aliphatic heterocycles. The van der Waals surface area contributed by atoms with E-state index in [0.29, 0.717) is 11.0 Å². The highest BCUT2D eigenvalue weighted by atomic mass is 15.3. The van der Waals surface area contributed by atoms with Crippen LogP contribution in [0.25, 0.3) is 0 Å². The van der Waals surface area contributed by atoms with E-state index in [1.165, 1.54) is 32.2 Å². The van der Waals surface area contributed by atoms with Crippen LogP contribution < -0.4 is 0 Å². The molecule has 0 N–H and O–H groups in total. The summed E-state index contributed by atoms with van der Waals surface area (Å²) in [4.78, 5) is 2.86. The highest BCUT2D eigenvalue weighted by Gasteiger charge is 2.68. The van der Waals surface area contributed by atoms with Gasteiger partial charge in [-0.3, -0.25) is 4.90 Å². The van der Waals surface area contributed by atoms with Crippen molar-refractivity contribution < 1.29 is 0 Å². The third kappa shape index (κ3) is 0.918. The summed E-state index contributed by atoms with van der Waals surface area (Å²) in [6.45, 7) is 8.71. The molecule has 2 unspecified atom stereocenters. The van der Waals surface area contributed by atoms with E-state index in [0.717, 1.165) is 12.0 Å². The summed E-state index contributed by atoms with van der Waals surface area (Å²) >= 11 is 0. The van der Waals surface area contributed by atoms with Crippen LogP contribution in [0.1, 0.15) is 46.5 Å². The smallest absolute Gasteiger partial charge is 0.0293 e. The average molecular weight is 179 g/mol. The second-order valence-corrected chi connectivity index (χ2v) is 6.29. The van der Waals surface area contributed by atoms with Crippen molar-refractivity contribution in [3.63, 3.8) is 0 Å². The molecule has 74 valence electrons. The highest BCUT2D eigenvalue weighted by molar-refractivity contribution is 5.23. The van der Waals surface area contributed by atoms with Crippen LogP contribution in [0.4, 0.5) is 0 Å². The van der Waals surface area contributed by atoms with E-state index in [1.54, 1.807) is 0 Å². The Labute approximate surface area is 81.5 Å². The van der Waals surface area contributed by atoms with Crippen LogP contribution in [-0.2, 0) is 0 Å². The number of likely N-dealkylation sites (tertiary alicyclic amines) is 1. The van der Waals surface area contributed by atoms with Gasteiger partial charge in [-0.25, -0.2) is 0 Å². The van der Waals surface area contributed by atoms with Gasteiger partial charge in [-0.15, -0.1) is 0 Å². The Morgan fingerprint density at radius 2 is 1.85 bits per heavy atom. The first kappa shape index (κ1) is 8.28. The number of rotatable bonds is 1. The van der Waals surface area contributed by atoms with Gasteiger partial charge in [0, 0.05) is 11.6 Å². The van der Waals surface area contributed by atoms with Crippen LogP contribution in [-0.4, -0.2) is 23.0 Å². The molecular weight excluding hydrogens is 158 g/mol. The first-order valence-electron chi connectivity index (χ1n) is 5.82. The maximum Gasteiger partial charge on any atom is 0.0293 e. The van der Waals surface area contributed by atoms with Crippen LogP contribution in [0.5, 0.6) is 0 Å². The molecule has 13 heavy (non-hydrogen) atoms. The maximum atomic E-state index is 2.86. The number of fused-ring (bicyclic) bond motifs is 1. The minimum atomic E-state index is 0.511. The van der Waals surface area contributed by atoms with Crippen molar-refractivity contribution in [3.8, 4) is 0 Å². The molecule has 1 nitrogen and oxygen atoms in total. The van der Waals surface area contributed by atoms with Gasteiger partial charge in [-0.05, 0) is 43.6 Å². The zero-order chi connectivity index (χ0) is 9.27. The molecule has 3 fully saturated rings. The molecule has 1 heteroatoms. The summed E-state index contributed by atoms with van der Waals surface area (Å²) < 4.78 is 0. The molecule has 2 aliphatic carbocycles. The molecule has 1 saturated heterocycles. The van der Waals surface area contributed by atoms with Crippen molar-refractivity contribution >= 4 is 0 Å². The van der Waals surface area contributed by atoms with E-state index in [9.17, 15) is 0 Å². The normalized spacial score (nSPS) is 45.0. The van der Waals surface area contributed by atoms with Gasteiger partial charge < -0.3 is 0 Å². The summed E-state index contributed by atoms with van der Waals surface area (Å²) in [7, 11) is 0. The van der Waals surface area contributed by atoms with Crippen molar-refractivity contribution in [1.29, 1.82) is 0 Å². The Morgan fingerprint density at radius 3 is 2.31 bits per heavy atom. The predicted octanol–water partition coefficient (Wildman–Crippen LogP) is 2.66. The van der Waals surface area contributed by atoms with Gasteiger partial charge in [-0.1, -0.05) is 20.8 Å². The van der Waals surface area contributed by atoms with Crippen LogP contribution >= 0.6 is 0 Å². The fourth-order valence-corrected chi connectivity index (χ4v) is 3.75. The SMILES string of the molecule is CC(C)(C)C12CC1CCN2C1CC1. The molecule has 0 amide bonds. The lowest BCUT2D eigenvalue weighted by atomic mass is 9.82. The monoisotopic (exact) mass is 179 g/mol. The van der Waals surface area contributed by atoms with Crippen LogP contribution in [0, 0.1) is 11.3 Å². The summed E-state index contributed by atoms with van der Waals surface area (Å²) in [5.41, 5.74) is 1.14. The molecule has 1 heterocycles. The second-order valence-electron chi connectivity index (χ2n) is 6.29. The molecular formula is C12H21N. The standard InChI is InChI=1S/C12H21N/c1-11(2,3)12-8-9(12)6-7-13(12)10-4-5-10/h9-10H,4-8H2,1-3H3. The zero-order valence-corrected chi connectivity index (χ0v) is 9.14. The number of nitrogens with zero attached hydrogens (tertiary/aromatic N) is 1. The third-order valence-electron chi connectivity index (χ3n) is 4.59. The summed E-state index contributed by atoms with van der Waals surface area (Å²) in [5.74, 6) is 1.05. The number of hydrogen-bond acceptors (Lipinski definition) is 1. The van der Waals surface area contributed by atoms with E-state index >= 15 is 0 Å². The van der Waals surface area contributed by atoms with Gasteiger partial charge >= 0.3 is 0 Å². The highest BCUT2D eigenvalue weighted by Crippen LogP contribution is 2.66. The van der Waals surface area contributed by atoms with Crippen molar-refractivity contribution in [2.45, 2.75) is 58.0 Å². The van der Waals surface area contributed by atoms with Gasteiger partial charge in [0.2, 0.25) is 0 Å². The summed E-state index contributed by atoms with van der Waals surface area (Å²) in [6.07, 6.45) is 5.93. The fourth-order valence-electron chi connectivity index (χ4n) is 3.75. The van der Waals surface area contributed by atoms with E-state index in [1.807, 2.05) is 0 Å². The Hall–Kier alpha value is -0.0400. The molecule has 2 saturated carbocycles. The molecule has 0 aromatic heterocycles. The molecule has 0 bridgehead atoms. The molecule has 0 aromatic carbocycles. The minimum absolute atomic E-state index is 0.511. The lowest BCUT2D eigenvalue weighted by Crippen LogP contribution is -2.45.